The third-order valence-electron chi connectivity index (χ3n) is 6.74. The van der Waals surface area contributed by atoms with Gasteiger partial charge in [-0.05, 0) is 24.6 Å². The average Bonchev–Trinajstić information content (AvgIpc) is 3.18. The number of piperazine rings is 1. The molecule has 3 heterocycles. The van der Waals surface area contributed by atoms with E-state index in [0.717, 1.165) is 71.5 Å². The van der Waals surface area contributed by atoms with Gasteiger partial charge >= 0.3 is 0 Å². The van der Waals surface area contributed by atoms with Crippen molar-refractivity contribution in [2.45, 2.75) is 32.2 Å². The number of hydrogen-bond acceptors (Lipinski definition) is 6. The first kappa shape index (κ1) is 21.1. The van der Waals surface area contributed by atoms with Gasteiger partial charge < -0.3 is 19.5 Å². The van der Waals surface area contributed by atoms with E-state index >= 15 is 0 Å². The number of hydrogen-bond donors (Lipinski definition) is 1. The summed E-state index contributed by atoms with van der Waals surface area (Å²) in [5, 5.41) is 22.2. The lowest BCUT2D eigenvalue weighted by Crippen LogP contribution is -2.52. The number of imidazole rings is 1. The van der Waals surface area contributed by atoms with E-state index in [1.54, 1.807) is 0 Å². The molecule has 0 unspecified atom stereocenters. The van der Waals surface area contributed by atoms with Gasteiger partial charge in [-0.25, -0.2) is 4.98 Å². The Labute approximate surface area is 193 Å². The van der Waals surface area contributed by atoms with Crippen LogP contribution in [0.25, 0.3) is 10.8 Å². The van der Waals surface area contributed by atoms with Crippen LogP contribution in [0.15, 0.2) is 36.4 Å². The molecular formula is C24H27ClN6O. The molecular weight excluding hydrogens is 424 g/mol. The Morgan fingerprint density at radius 3 is 2.69 bits per heavy atom. The van der Waals surface area contributed by atoms with Crippen LogP contribution in [0.4, 0.5) is 11.5 Å². The Hall–Kier alpha value is -2.79. The summed E-state index contributed by atoms with van der Waals surface area (Å²) in [4.78, 5) is 11.7. The molecule has 1 atom stereocenters. The number of anilines is 2. The minimum atomic E-state index is -0.0926. The van der Waals surface area contributed by atoms with Crippen LogP contribution in [0.2, 0.25) is 5.02 Å². The molecule has 0 aliphatic carbocycles. The zero-order chi connectivity index (χ0) is 22.2. The number of aliphatic hydroxyl groups excluding tert-OH is 1. The van der Waals surface area contributed by atoms with E-state index in [4.69, 9.17) is 16.6 Å². The van der Waals surface area contributed by atoms with E-state index in [1.807, 2.05) is 12.1 Å². The Kier molecular flexibility index (Phi) is 5.68. The minimum absolute atomic E-state index is 0.0926. The van der Waals surface area contributed by atoms with Crippen LogP contribution < -0.4 is 9.80 Å². The van der Waals surface area contributed by atoms with Crippen LogP contribution in [0.3, 0.4) is 0 Å². The molecule has 1 fully saturated rings. The second-order valence-electron chi connectivity index (χ2n) is 8.59. The summed E-state index contributed by atoms with van der Waals surface area (Å²) in [6, 6.07) is 14.8. The Morgan fingerprint density at radius 2 is 1.91 bits per heavy atom. The molecule has 1 N–H and O–H groups in total. The average molecular weight is 451 g/mol. The van der Waals surface area contributed by atoms with Crippen molar-refractivity contribution in [2.24, 2.45) is 0 Å². The Balaban J connectivity index is 1.47. The number of fused-ring (bicyclic) bond motifs is 2. The molecule has 2 aliphatic heterocycles. The number of nitrogens with zero attached hydrogens (tertiary/aromatic N) is 6. The molecule has 1 aromatic heterocycles. The molecule has 32 heavy (non-hydrogen) atoms. The second kappa shape index (κ2) is 8.62. The van der Waals surface area contributed by atoms with Gasteiger partial charge in [0, 0.05) is 49.8 Å². The lowest BCUT2D eigenvalue weighted by atomic mass is 10.1. The zero-order valence-corrected chi connectivity index (χ0v) is 19.0. The summed E-state index contributed by atoms with van der Waals surface area (Å²) in [7, 11) is 2.07. The van der Waals surface area contributed by atoms with Crippen molar-refractivity contribution >= 4 is 33.9 Å². The standard InChI is InChI=1S/C24H27ClN6O/c1-28-10-11-30(14-18(28)8-9-26)24-20(16-32)27-22-15-29(12-13-31(22)24)21-7-3-5-17-4-2-6-19(25)23(17)21/h2-7,18,32H,8,10-16H2,1H3/t18-/m0/s1. The van der Waals surface area contributed by atoms with Crippen molar-refractivity contribution < 1.29 is 5.11 Å². The first-order chi connectivity index (χ1) is 15.6. The van der Waals surface area contributed by atoms with Crippen LogP contribution in [-0.4, -0.2) is 58.8 Å². The fourth-order valence-electron chi connectivity index (χ4n) is 5.04. The smallest absolute Gasteiger partial charge is 0.134 e. The van der Waals surface area contributed by atoms with E-state index in [9.17, 15) is 10.4 Å². The first-order valence-electron chi connectivity index (χ1n) is 11.0. The van der Waals surface area contributed by atoms with Gasteiger partial charge in [-0.15, -0.1) is 0 Å². The summed E-state index contributed by atoms with van der Waals surface area (Å²) >= 11 is 6.57. The molecule has 2 aliphatic rings. The van der Waals surface area contributed by atoms with Crippen molar-refractivity contribution in [1.82, 2.24) is 14.5 Å². The quantitative estimate of drug-likeness (QED) is 0.658. The molecule has 2 aromatic carbocycles. The lowest BCUT2D eigenvalue weighted by molar-refractivity contribution is 0.219. The van der Waals surface area contributed by atoms with E-state index < -0.39 is 0 Å². The highest BCUT2D eigenvalue weighted by atomic mass is 35.5. The maximum absolute atomic E-state index is 10.1. The largest absolute Gasteiger partial charge is 0.390 e. The fraction of sp³-hybridized carbons (Fsp3) is 0.417. The molecule has 1 saturated heterocycles. The van der Waals surface area contributed by atoms with Crippen molar-refractivity contribution in [3.8, 4) is 6.07 Å². The van der Waals surface area contributed by atoms with Crippen LogP contribution in [0.5, 0.6) is 0 Å². The second-order valence-corrected chi connectivity index (χ2v) is 8.99. The third kappa shape index (κ3) is 3.58. The van der Waals surface area contributed by atoms with Gasteiger partial charge in [-0.2, -0.15) is 5.26 Å². The van der Waals surface area contributed by atoms with Gasteiger partial charge in [0.05, 0.1) is 30.7 Å². The van der Waals surface area contributed by atoms with Crippen molar-refractivity contribution in [2.75, 3.05) is 43.0 Å². The molecule has 0 saturated carbocycles. The van der Waals surface area contributed by atoms with Gasteiger partial charge in [-0.1, -0.05) is 35.9 Å². The normalized spacial score (nSPS) is 19.2. The monoisotopic (exact) mass is 450 g/mol. The maximum Gasteiger partial charge on any atom is 0.134 e. The number of aromatic nitrogens is 2. The topological polar surface area (TPSA) is 71.6 Å². The first-order valence-corrected chi connectivity index (χ1v) is 11.4. The maximum atomic E-state index is 10.1. The molecule has 166 valence electrons. The SMILES string of the molecule is CN1CCN(c2c(CO)nc3n2CCN(c2cccc4cccc(Cl)c24)C3)C[C@@H]1CC#N. The van der Waals surface area contributed by atoms with Crippen LogP contribution in [-0.2, 0) is 19.7 Å². The Morgan fingerprint density at radius 1 is 1.12 bits per heavy atom. The number of halogens is 1. The molecule has 7 nitrogen and oxygen atoms in total. The molecule has 5 rings (SSSR count). The summed E-state index contributed by atoms with van der Waals surface area (Å²) in [5.41, 5.74) is 1.83. The molecule has 0 radical (unpaired) electrons. The van der Waals surface area contributed by atoms with E-state index in [-0.39, 0.29) is 12.6 Å². The number of nitriles is 1. The van der Waals surface area contributed by atoms with Gasteiger partial charge in [0.1, 0.15) is 17.3 Å². The summed E-state index contributed by atoms with van der Waals surface area (Å²) in [5.74, 6) is 1.96. The summed E-state index contributed by atoms with van der Waals surface area (Å²) in [6.45, 7) is 4.70. The number of benzene rings is 2. The highest BCUT2D eigenvalue weighted by molar-refractivity contribution is 6.36. The zero-order valence-electron chi connectivity index (χ0n) is 18.2. The van der Waals surface area contributed by atoms with Gasteiger partial charge in [0.15, 0.2) is 0 Å². The fourth-order valence-corrected chi connectivity index (χ4v) is 5.32. The predicted octanol–water partition coefficient (Wildman–Crippen LogP) is 3.24. The van der Waals surface area contributed by atoms with E-state index in [2.05, 4.69) is 56.6 Å². The summed E-state index contributed by atoms with van der Waals surface area (Å²) < 4.78 is 2.25. The van der Waals surface area contributed by atoms with Crippen LogP contribution in [0.1, 0.15) is 17.9 Å². The third-order valence-corrected chi connectivity index (χ3v) is 7.06. The molecule has 3 aromatic rings. The lowest BCUT2D eigenvalue weighted by Gasteiger charge is -2.41. The van der Waals surface area contributed by atoms with E-state index in [0.29, 0.717) is 13.0 Å². The minimum Gasteiger partial charge on any atom is -0.390 e. The van der Waals surface area contributed by atoms with Crippen molar-refractivity contribution in [1.29, 1.82) is 5.26 Å². The van der Waals surface area contributed by atoms with Crippen LogP contribution >= 0.6 is 11.6 Å². The number of likely N-dealkylation sites (N-methyl/N-ethyl adjacent to an activating group) is 1. The summed E-state index contributed by atoms with van der Waals surface area (Å²) in [6.07, 6.45) is 0.498. The van der Waals surface area contributed by atoms with Gasteiger partial charge in [0.2, 0.25) is 0 Å². The molecule has 0 amide bonds. The van der Waals surface area contributed by atoms with Crippen LogP contribution in [0, 0.1) is 11.3 Å². The molecule has 0 spiro atoms. The van der Waals surface area contributed by atoms with E-state index in [1.165, 1.54) is 0 Å². The van der Waals surface area contributed by atoms with Gasteiger partial charge in [-0.3, -0.25) is 4.90 Å². The van der Waals surface area contributed by atoms with Gasteiger partial charge in [0.25, 0.3) is 0 Å². The number of aliphatic hydroxyl groups is 1. The molecule has 8 heteroatoms. The number of rotatable bonds is 4. The molecule has 0 bridgehead atoms. The predicted molar refractivity (Wildman–Crippen MR) is 127 cm³/mol. The highest BCUT2D eigenvalue weighted by Gasteiger charge is 2.31. The van der Waals surface area contributed by atoms with Crippen molar-refractivity contribution in [3.05, 3.63) is 52.9 Å². The van der Waals surface area contributed by atoms with Crippen molar-refractivity contribution in [3.63, 3.8) is 0 Å². The highest BCUT2D eigenvalue weighted by Crippen LogP contribution is 2.36. The Bertz CT molecular complexity index is 1180.